The first-order valence-corrected chi connectivity index (χ1v) is 8.43. The third kappa shape index (κ3) is 4.01. The van der Waals surface area contributed by atoms with Crippen LogP contribution >= 0.6 is 0 Å². The van der Waals surface area contributed by atoms with Gasteiger partial charge in [0, 0.05) is 24.8 Å². The van der Waals surface area contributed by atoms with E-state index in [1.165, 1.54) is 11.1 Å². The molecule has 0 aliphatic carbocycles. The Bertz CT molecular complexity index is 660. The van der Waals surface area contributed by atoms with E-state index in [-0.39, 0.29) is 0 Å². The molecule has 0 aliphatic rings. The summed E-state index contributed by atoms with van der Waals surface area (Å²) in [5.74, 6) is 3.08. The van der Waals surface area contributed by atoms with Crippen LogP contribution in [0.2, 0.25) is 0 Å². The first-order chi connectivity index (χ1) is 11.0. The minimum Gasteiger partial charge on any atom is -0.357 e. The Morgan fingerprint density at radius 2 is 1.78 bits per heavy atom. The van der Waals surface area contributed by atoms with E-state index in [0.29, 0.717) is 5.92 Å². The van der Waals surface area contributed by atoms with Gasteiger partial charge in [-0.05, 0) is 44.7 Å². The average Bonchev–Trinajstić information content (AvgIpc) is 2.50. The van der Waals surface area contributed by atoms with Gasteiger partial charge in [-0.3, -0.25) is 0 Å². The molecule has 0 radical (unpaired) electrons. The van der Waals surface area contributed by atoms with Crippen molar-refractivity contribution < 1.29 is 0 Å². The van der Waals surface area contributed by atoms with Gasteiger partial charge in [-0.25, -0.2) is 9.97 Å². The van der Waals surface area contributed by atoms with Crippen LogP contribution in [0.1, 0.15) is 50.6 Å². The van der Waals surface area contributed by atoms with Crippen molar-refractivity contribution in [3.63, 3.8) is 0 Å². The molecule has 0 atom stereocenters. The number of para-hydroxylation sites is 1. The van der Waals surface area contributed by atoms with Crippen LogP contribution in [0.3, 0.4) is 0 Å². The van der Waals surface area contributed by atoms with Crippen molar-refractivity contribution in [3.8, 4) is 0 Å². The lowest BCUT2D eigenvalue weighted by atomic mass is 9.98. The number of benzene rings is 1. The van der Waals surface area contributed by atoms with E-state index in [1.807, 2.05) is 13.0 Å². The first-order valence-electron chi connectivity index (χ1n) is 8.43. The van der Waals surface area contributed by atoms with E-state index in [2.05, 4.69) is 73.0 Å². The molecule has 0 unspecified atom stereocenters. The number of rotatable bonds is 6. The second-order valence-corrected chi connectivity index (χ2v) is 6.15. The van der Waals surface area contributed by atoms with Crippen LogP contribution in [0.5, 0.6) is 0 Å². The van der Waals surface area contributed by atoms with Crippen LogP contribution in [0, 0.1) is 13.8 Å². The van der Waals surface area contributed by atoms with Gasteiger partial charge in [0.25, 0.3) is 0 Å². The number of anilines is 3. The largest absolute Gasteiger partial charge is 0.357 e. The van der Waals surface area contributed by atoms with Crippen molar-refractivity contribution in [2.24, 2.45) is 0 Å². The van der Waals surface area contributed by atoms with Gasteiger partial charge in [0.1, 0.15) is 17.5 Å². The zero-order valence-corrected chi connectivity index (χ0v) is 15.1. The molecule has 0 saturated heterocycles. The molecule has 1 N–H and O–H groups in total. The molecule has 0 amide bonds. The summed E-state index contributed by atoms with van der Waals surface area (Å²) in [6.07, 6.45) is 0. The van der Waals surface area contributed by atoms with E-state index in [1.54, 1.807) is 0 Å². The molecule has 0 spiro atoms. The monoisotopic (exact) mass is 312 g/mol. The standard InChI is InChI=1S/C19H28N4/c1-7-23(8-2)18-12-17(20-15(6)21-18)22-19-14(5)10-9-11-16(19)13(3)4/h9-13H,7-8H2,1-6H3,(H,20,21,22). The summed E-state index contributed by atoms with van der Waals surface area (Å²) in [5, 5.41) is 3.53. The fraction of sp³-hybridized carbons (Fsp3) is 0.474. The van der Waals surface area contributed by atoms with Crippen molar-refractivity contribution in [1.29, 1.82) is 0 Å². The molecule has 2 rings (SSSR count). The van der Waals surface area contributed by atoms with Crippen LogP contribution < -0.4 is 10.2 Å². The normalized spacial score (nSPS) is 10.9. The van der Waals surface area contributed by atoms with Crippen LogP contribution in [-0.4, -0.2) is 23.1 Å². The highest BCUT2D eigenvalue weighted by atomic mass is 15.2. The van der Waals surface area contributed by atoms with Crippen LogP contribution in [-0.2, 0) is 0 Å². The summed E-state index contributed by atoms with van der Waals surface area (Å²) in [6, 6.07) is 8.46. The predicted molar refractivity (Wildman–Crippen MR) is 98.9 cm³/mol. The zero-order valence-electron chi connectivity index (χ0n) is 15.1. The van der Waals surface area contributed by atoms with Crippen LogP contribution in [0.4, 0.5) is 17.3 Å². The molecule has 4 nitrogen and oxygen atoms in total. The van der Waals surface area contributed by atoms with Crippen molar-refractivity contribution in [2.75, 3.05) is 23.3 Å². The number of nitrogens with zero attached hydrogens (tertiary/aromatic N) is 3. The molecule has 1 aromatic carbocycles. The fourth-order valence-corrected chi connectivity index (χ4v) is 2.80. The highest BCUT2D eigenvalue weighted by molar-refractivity contribution is 5.67. The Kier molecular flexibility index (Phi) is 5.59. The minimum absolute atomic E-state index is 0.461. The number of nitrogens with one attached hydrogen (secondary N) is 1. The number of aryl methyl sites for hydroxylation is 2. The molecule has 1 aromatic heterocycles. The fourth-order valence-electron chi connectivity index (χ4n) is 2.80. The van der Waals surface area contributed by atoms with E-state index in [4.69, 9.17) is 0 Å². The van der Waals surface area contributed by atoms with Crippen LogP contribution in [0.15, 0.2) is 24.3 Å². The quantitative estimate of drug-likeness (QED) is 0.831. The third-order valence-corrected chi connectivity index (χ3v) is 4.09. The highest BCUT2D eigenvalue weighted by Gasteiger charge is 2.12. The van der Waals surface area contributed by atoms with Gasteiger partial charge in [0.2, 0.25) is 0 Å². The van der Waals surface area contributed by atoms with E-state index in [0.717, 1.165) is 36.2 Å². The lowest BCUT2D eigenvalue weighted by Crippen LogP contribution is -2.23. The van der Waals surface area contributed by atoms with Gasteiger partial charge in [-0.15, -0.1) is 0 Å². The lowest BCUT2D eigenvalue weighted by molar-refractivity contribution is 0.834. The van der Waals surface area contributed by atoms with Gasteiger partial charge in [-0.1, -0.05) is 32.0 Å². The third-order valence-electron chi connectivity index (χ3n) is 4.09. The van der Waals surface area contributed by atoms with Gasteiger partial charge in [0.05, 0.1) is 0 Å². The van der Waals surface area contributed by atoms with Gasteiger partial charge < -0.3 is 10.2 Å². The Hall–Kier alpha value is -2.10. The maximum atomic E-state index is 4.57. The predicted octanol–water partition coefficient (Wildman–Crippen LogP) is 4.81. The van der Waals surface area contributed by atoms with E-state index >= 15 is 0 Å². The van der Waals surface area contributed by atoms with Crippen molar-refractivity contribution in [2.45, 2.75) is 47.5 Å². The van der Waals surface area contributed by atoms with Crippen molar-refractivity contribution >= 4 is 17.3 Å². The molecule has 0 fully saturated rings. The summed E-state index contributed by atoms with van der Waals surface area (Å²) in [6.45, 7) is 14.7. The van der Waals surface area contributed by atoms with Gasteiger partial charge >= 0.3 is 0 Å². The van der Waals surface area contributed by atoms with Crippen LogP contribution in [0.25, 0.3) is 0 Å². The lowest BCUT2D eigenvalue weighted by Gasteiger charge is -2.22. The summed E-state index contributed by atoms with van der Waals surface area (Å²) in [7, 11) is 0. The SMILES string of the molecule is CCN(CC)c1cc(Nc2c(C)cccc2C(C)C)nc(C)n1. The first kappa shape index (κ1) is 17.3. The second-order valence-electron chi connectivity index (χ2n) is 6.15. The number of hydrogen-bond acceptors (Lipinski definition) is 4. The number of hydrogen-bond donors (Lipinski definition) is 1. The number of aromatic nitrogens is 2. The van der Waals surface area contributed by atoms with Crippen molar-refractivity contribution in [1.82, 2.24) is 9.97 Å². The molecular formula is C19H28N4. The Balaban J connectivity index is 2.41. The second kappa shape index (κ2) is 7.44. The molecular weight excluding hydrogens is 284 g/mol. The molecule has 4 heteroatoms. The van der Waals surface area contributed by atoms with Gasteiger partial charge in [0.15, 0.2) is 0 Å². The summed E-state index contributed by atoms with van der Waals surface area (Å²) < 4.78 is 0. The van der Waals surface area contributed by atoms with Crippen molar-refractivity contribution in [3.05, 3.63) is 41.2 Å². The molecule has 2 aromatic rings. The molecule has 1 heterocycles. The topological polar surface area (TPSA) is 41.0 Å². The average molecular weight is 312 g/mol. The molecule has 0 saturated carbocycles. The molecule has 124 valence electrons. The Labute approximate surface area is 140 Å². The molecule has 23 heavy (non-hydrogen) atoms. The Morgan fingerprint density at radius 3 is 2.39 bits per heavy atom. The molecule has 0 bridgehead atoms. The minimum atomic E-state index is 0.461. The molecule has 0 aliphatic heterocycles. The maximum Gasteiger partial charge on any atom is 0.136 e. The van der Waals surface area contributed by atoms with E-state index in [9.17, 15) is 0 Å². The smallest absolute Gasteiger partial charge is 0.136 e. The van der Waals surface area contributed by atoms with Gasteiger partial charge in [-0.2, -0.15) is 0 Å². The highest BCUT2D eigenvalue weighted by Crippen LogP contribution is 2.30. The summed E-state index contributed by atoms with van der Waals surface area (Å²) >= 11 is 0. The van der Waals surface area contributed by atoms with E-state index < -0.39 is 0 Å². The zero-order chi connectivity index (χ0) is 17.0. The maximum absolute atomic E-state index is 4.57. The summed E-state index contributed by atoms with van der Waals surface area (Å²) in [4.78, 5) is 11.4. The summed E-state index contributed by atoms with van der Waals surface area (Å²) in [5.41, 5.74) is 3.70. The Morgan fingerprint density at radius 1 is 1.09 bits per heavy atom.